The molecule has 5 aromatic rings. The molecule has 37 heavy (non-hydrogen) atoms. The molecule has 0 aliphatic rings. The number of halogens is 4. The average molecular weight is 521 g/mol. The topological polar surface area (TPSA) is 26.0 Å². The van der Waals surface area contributed by atoms with Crippen molar-refractivity contribution in [2.24, 2.45) is 0 Å². The molecule has 4 aromatic carbocycles. The van der Waals surface area contributed by atoms with Gasteiger partial charge < -0.3 is 21.7 Å². The van der Waals surface area contributed by atoms with Gasteiger partial charge in [0, 0.05) is 12.0 Å². The molecule has 0 saturated carbocycles. The molecule has 8 heteroatoms. The Morgan fingerprint density at radius 3 is 1.32 bits per heavy atom. The van der Waals surface area contributed by atoms with Crippen LogP contribution in [-0.2, 0) is 6.42 Å². The highest BCUT2D eigenvalue weighted by molar-refractivity contribution is 8.01. The lowest BCUT2D eigenvalue weighted by atomic mass is 10.2. The number of rotatable bonds is 6. The van der Waals surface area contributed by atoms with E-state index >= 15 is 0 Å². The summed E-state index contributed by atoms with van der Waals surface area (Å²) in [4.78, 5) is 5.19. The third-order valence-corrected chi connectivity index (χ3v) is 9.90. The van der Waals surface area contributed by atoms with Crippen LogP contribution < -0.4 is 21.3 Å². The molecule has 0 N–H and O–H groups in total. The molecular formula is C29H25BF4NOP. The molecule has 188 valence electrons. The van der Waals surface area contributed by atoms with Gasteiger partial charge in [-0.15, -0.1) is 0 Å². The zero-order chi connectivity index (χ0) is 26.3. The van der Waals surface area contributed by atoms with Gasteiger partial charge in [-0.05, 0) is 36.4 Å². The fourth-order valence-electron chi connectivity index (χ4n) is 4.28. The highest BCUT2D eigenvalue weighted by atomic mass is 31.2. The summed E-state index contributed by atoms with van der Waals surface area (Å²) < 4.78 is 45.4. The predicted octanol–water partition coefficient (Wildman–Crippen LogP) is 6.82. The van der Waals surface area contributed by atoms with Crippen molar-refractivity contribution in [3.05, 3.63) is 127 Å². The van der Waals surface area contributed by atoms with Crippen LogP contribution in [0.3, 0.4) is 0 Å². The Morgan fingerprint density at radius 2 is 0.973 bits per heavy atom. The molecule has 0 amide bonds. The van der Waals surface area contributed by atoms with Gasteiger partial charge in [0.2, 0.25) is 5.44 Å². The summed E-state index contributed by atoms with van der Waals surface area (Å²) in [5.74, 6) is 1.64. The normalized spacial score (nSPS) is 11.5. The van der Waals surface area contributed by atoms with Gasteiger partial charge in [-0.1, -0.05) is 91.9 Å². The van der Waals surface area contributed by atoms with E-state index in [2.05, 4.69) is 122 Å². The van der Waals surface area contributed by atoms with Crippen molar-refractivity contribution >= 4 is 35.9 Å². The molecule has 0 radical (unpaired) electrons. The van der Waals surface area contributed by atoms with E-state index in [1.54, 1.807) is 0 Å². The molecular weight excluding hydrogens is 496 g/mol. The second-order valence-corrected chi connectivity index (χ2v) is 11.5. The van der Waals surface area contributed by atoms with E-state index < -0.39 is 14.5 Å². The Bertz CT molecular complexity index is 1290. The minimum atomic E-state index is -6.00. The van der Waals surface area contributed by atoms with E-state index in [0.717, 1.165) is 29.1 Å². The lowest BCUT2D eigenvalue weighted by Crippen LogP contribution is -2.40. The first-order chi connectivity index (χ1) is 17.8. The third kappa shape index (κ3) is 6.00. The molecule has 5 rings (SSSR count). The molecule has 0 aliphatic heterocycles. The first-order valence-corrected chi connectivity index (χ1v) is 13.6. The van der Waals surface area contributed by atoms with E-state index in [9.17, 15) is 17.3 Å². The summed E-state index contributed by atoms with van der Waals surface area (Å²) in [5, 5.41) is 3.81. The van der Waals surface area contributed by atoms with E-state index in [4.69, 9.17) is 9.40 Å². The van der Waals surface area contributed by atoms with Gasteiger partial charge in [0.25, 0.3) is 0 Å². The summed E-state index contributed by atoms with van der Waals surface area (Å²) in [6.07, 6.45) is 0.748. The Labute approximate surface area is 214 Å². The van der Waals surface area contributed by atoms with Gasteiger partial charge in [-0.3, -0.25) is 0 Å². The number of benzene rings is 4. The molecule has 0 bridgehead atoms. The van der Waals surface area contributed by atoms with Gasteiger partial charge in [-0.2, -0.15) is 4.98 Å². The van der Waals surface area contributed by atoms with Crippen LogP contribution in [0.4, 0.5) is 17.3 Å². The summed E-state index contributed by atoms with van der Waals surface area (Å²) in [6, 6.07) is 42.8. The van der Waals surface area contributed by atoms with Gasteiger partial charge in [-0.25, -0.2) is 0 Å². The Balaban J connectivity index is 0.000000586. The largest absolute Gasteiger partial charge is 0.673 e. The summed E-state index contributed by atoms with van der Waals surface area (Å²) in [7, 11) is -8.31. The maximum Gasteiger partial charge on any atom is 0.673 e. The SMILES string of the molecule is CCc1nc([P+](c2ccccc2)(c2ccccc2)c2ccccc2)c(-c2ccccc2)o1.F[B-](F)(F)F. The van der Waals surface area contributed by atoms with Crippen LogP contribution in [0.1, 0.15) is 12.8 Å². The zero-order valence-electron chi connectivity index (χ0n) is 20.1. The summed E-state index contributed by atoms with van der Waals surface area (Å²) in [5.41, 5.74) is 2.09. The number of hydrogen-bond donors (Lipinski definition) is 0. The Morgan fingerprint density at radius 1 is 0.622 bits per heavy atom. The molecule has 0 unspecified atom stereocenters. The van der Waals surface area contributed by atoms with Crippen LogP contribution in [-0.4, -0.2) is 12.2 Å². The van der Waals surface area contributed by atoms with Crippen molar-refractivity contribution in [3.8, 4) is 11.3 Å². The van der Waals surface area contributed by atoms with Gasteiger partial charge in [0.05, 0.1) is 0 Å². The number of aryl methyl sites for hydroxylation is 1. The first kappa shape index (κ1) is 26.4. The van der Waals surface area contributed by atoms with Crippen LogP contribution in [0.25, 0.3) is 11.3 Å². The standard InChI is InChI=1S/C29H25NOP.BF4/c1-2-27-30-29(28(31-27)23-15-7-3-8-16-23)32(24-17-9-4-10-18-24,25-19-11-5-12-20-25)26-21-13-6-14-22-26;2-1(3,4)5/h3-22H,2H2,1H3;/q+1;-1. The van der Waals surface area contributed by atoms with E-state index in [1.807, 2.05) is 6.07 Å². The number of aromatic nitrogens is 1. The molecule has 2 nitrogen and oxygen atoms in total. The van der Waals surface area contributed by atoms with Crippen LogP contribution in [0.2, 0.25) is 0 Å². The van der Waals surface area contributed by atoms with Crippen LogP contribution in [0, 0.1) is 0 Å². The lowest BCUT2D eigenvalue weighted by Gasteiger charge is -2.25. The van der Waals surface area contributed by atoms with Crippen molar-refractivity contribution in [2.45, 2.75) is 13.3 Å². The number of nitrogens with zero attached hydrogens (tertiary/aromatic N) is 1. The molecule has 0 saturated heterocycles. The maximum absolute atomic E-state index is 9.75. The van der Waals surface area contributed by atoms with Gasteiger partial charge in [0.15, 0.2) is 18.9 Å². The van der Waals surface area contributed by atoms with Gasteiger partial charge in [0.1, 0.15) is 15.9 Å². The van der Waals surface area contributed by atoms with Crippen molar-refractivity contribution < 1.29 is 21.7 Å². The Hall–Kier alpha value is -3.70. The molecule has 0 atom stereocenters. The van der Waals surface area contributed by atoms with E-state index in [0.29, 0.717) is 0 Å². The van der Waals surface area contributed by atoms with Crippen molar-refractivity contribution in [2.75, 3.05) is 0 Å². The number of hydrogen-bond acceptors (Lipinski definition) is 2. The summed E-state index contributed by atoms with van der Waals surface area (Å²) >= 11 is 0. The molecule has 0 fully saturated rings. The molecule has 1 heterocycles. The molecule has 0 aliphatic carbocycles. The fraction of sp³-hybridized carbons (Fsp3) is 0.0690. The smallest absolute Gasteiger partial charge is 0.436 e. The summed E-state index contributed by atoms with van der Waals surface area (Å²) in [6.45, 7) is 2.10. The first-order valence-electron chi connectivity index (χ1n) is 11.8. The Kier molecular flexibility index (Phi) is 8.25. The fourth-order valence-corrected chi connectivity index (χ4v) is 8.51. The molecule has 0 spiro atoms. The van der Waals surface area contributed by atoms with Crippen LogP contribution in [0.15, 0.2) is 126 Å². The number of oxazole rings is 1. The second-order valence-electron chi connectivity index (χ2n) is 8.15. The monoisotopic (exact) mass is 521 g/mol. The van der Waals surface area contributed by atoms with Crippen molar-refractivity contribution in [1.82, 2.24) is 4.98 Å². The zero-order valence-corrected chi connectivity index (χ0v) is 21.0. The van der Waals surface area contributed by atoms with Crippen molar-refractivity contribution in [3.63, 3.8) is 0 Å². The van der Waals surface area contributed by atoms with Crippen molar-refractivity contribution in [1.29, 1.82) is 0 Å². The van der Waals surface area contributed by atoms with Gasteiger partial charge >= 0.3 is 7.25 Å². The highest BCUT2D eigenvalue weighted by Gasteiger charge is 2.52. The molecule has 1 aromatic heterocycles. The van der Waals surface area contributed by atoms with E-state index in [-0.39, 0.29) is 0 Å². The minimum absolute atomic E-state index is 0.748. The maximum atomic E-state index is 9.75. The van der Waals surface area contributed by atoms with E-state index in [1.165, 1.54) is 15.9 Å². The third-order valence-electron chi connectivity index (χ3n) is 5.74. The lowest BCUT2D eigenvalue weighted by molar-refractivity contribution is 0.368. The van der Waals surface area contributed by atoms with Crippen LogP contribution in [0.5, 0.6) is 0 Å². The highest BCUT2D eigenvalue weighted by Crippen LogP contribution is 2.55. The average Bonchev–Trinajstić information content (AvgIpc) is 3.35. The van der Waals surface area contributed by atoms with Crippen LogP contribution >= 0.6 is 7.26 Å². The minimum Gasteiger partial charge on any atom is -0.436 e. The quantitative estimate of drug-likeness (QED) is 0.139. The second kappa shape index (κ2) is 11.6. The predicted molar refractivity (Wildman–Crippen MR) is 146 cm³/mol.